The number of carbonyl (C=O) groups is 1. The maximum Gasteiger partial charge on any atom is 0.284 e. The summed E-state index contributed by atoms with van der Waals surface area (Å²) in [5.41, 5.74) is 6.24. The lowest BCUT2D eigenvalue weighted by molar-refractivity contribution is 0.0944. The lowest BCUT2D eigenvalue weighted by Crippen LogP contribution is -2.40. The zero-order valence-corrected chi connectivity index (χ0v) is 15.9. The van der Waals surface area contributed by atoms with Gasteiger partial charge in [0, 0.05) is 10.6 Å². The Morgan fingerprint density at radius 2 is 1.64 bits per heavy atom. The van der Waals surface area contributed by atoms with E-state index in [1.165, 1.54) is 12.1 Å². The van der Waals surface area contributed by atoms with Crippen LogP contribution in [0, 0.1) is 6.92 Å². The molecule has 0 bridgehead atoms. The number of benzene rings is 2. The molecule has 0 spiro atoms. The molecule has 2 aromatic carbocycles. The molecule has 0 saturated carbocycles. The maximum atomic E-state index is 12.3. The average Bonchev–Trinajstić information content (AvgIpc) is 2.59. The molecule has 0 aromatic heterocycles. The van der Waals surface area contributed by atoms with Crippen molar-refractivity contribution in [2.45, 2.75) is 11.8 Å². The summed E-state index contributed by atoms with van der Waals surface area (Å²) in [5.74, 6) is -0.439. The quantitative estimate of drug-likeness (QED) is 0.472. The van der Waals surface area contributed by atoms with Gasteiger partial charge < -0.3 is 0 Å². The molecule has 0 atom stereocenters. The second-order valence-corrected chi connectivity index (χ2v) is 7.81. The van der Waals surface area contributed by atoms with Crippen LogP contribution in [0.2, 0.25) is 5.02 Å². The van der Waals surface area contributed by atoms with E-state index in [1.54, 1.807) is 42.7 Å². The fourth-order valence-corrected chi connectivity index (χ4v) is 3.49. The van der Waals surface area contributed by atoms with Crippen molar-refractivity contribution in [2.24, 2.45) is 4.40 Å². The van der Waals surface area contributed by atoms with E-state index in [0.717, 1.165) is 17.3 Å². The normalized spacial score (nSPS) is 11.9. The van der Waals surface area contributed by atoms with Crippen LogP contribution in [0.4, 0.5) is 0 Å². The summed E-state index contributed by atoms with van der Waals surface area (Å²) in [6.45, 7) is 1.86. The Labute approximate surface area is 155 Å². The summed E-state index contributed by atoms with van der Waals surface area (Å²) < 4.78 is 28.3. The van der Waals surface area contributed by atoms with Gasteiger partial charge in [-0.2, -0.15) is 8.42 Å². The van der Waals surface area contributed by atoms with Crippen LogP contribution in [0.3, 0.4) is 0 Å². The lowest BCUT2D eigenvalue weighted by Gasteiger charge is -2.09. The third-order valence-corrected chi connectivity index (χ3v) is 5.34. The molecular formula is C16H16ClN3O3S2. The van der Waals surface area contributed by atoms with Gasteiger partial charge in [0.2, 0.25) is 0 Å². The van der Waals surface area contributed by atoms with Gasteiger partial charge in [-0.25, -0.2) is 0 Å². The monoisotopic (exact) mass is 397 g/mol. The van der Waals surface area contributed by atoms with Crippen molar-refractivity contribution >= 4 is 44.5 Å². The number of sulfonamides is 1. The van der Waals surface area contributed by atoms with Crippen LogP contribution in [-0.2, 0) is 10.0 Å². The van der Waals surface area contributed by atoms with E-state index in [1.807, 2.05) is 6.92 Å². The average molecular weight is 398 g/mol. The van der Waals surface area contributed by atoms with Crippen molar-refractivity contribution in [3.63, 3.8) is 0 Å². The van der Waals surface area contributed by atoms with Gasteiger partial charge in [-0.1, -0.05) is 41.1 Å². The summed E-state index contributed by atoms with van der Waals surface area (Å²) in [6.07, 6.45) is 1.64. The lowest BCUT2D eigenvalue weighted by atomic mass is 10.2. The molecule has 2 aromatic rings. The van der Waals surface area contributed by atoms with Crippen LogP contribution in [0.25, 0.3) is 0 Å². The first-order valence-electron chi connectivity index (χ1n) is 7.09. The van der Waals surface area contributed by atoms with E-state index in [4.69, 9.17) is 11.6 Å². The Morgan fingerprint density at radius 3 is 2.20 bits per heavy atom. The smallest absolute Gasteiger partial charge is 0.275 e. The zero-order chi connectivity index (χ0) is 18.4. The molecule has 6 nitrogen and oxygen atoms in total. The number of aryl methyl sites for hydroxylation is 1. The summed E-state index contributed by atoms with van der Waals surface area (Å²) in [5, 5.41) is 0.558. The number of rotatable bonds is 3. The Hall–Kier alpha value is -2.03. The molecule has 132 valence electrons. The number of nitrogens with one attached hydrogen (secondary N) is 2. The summed E-state index contributed by atoms with van der Waals surface area (Å²) in [4.78, 5) is 12.1. The fraction of sp³-hybridized carbons (Fsp3) is 0.125. The number of halogens is 1. The second-order valence-electron chi connectivity index (χ2n) is 4.97. The third kappa shape index (κ3) is 5.48. The number of amides is 1. The van der Waals surface area contributed by atoms with E-state index >= 15 is 0 Å². The molecule has 2 rings (SSSR count). The Balaban J connectivity index is 2.10. The number of hydrazine groups is 1. The highest BCUT2D eigenvalue weighted by Gasteiger charge is 2.14. The third-order valence-electron chi connectivity index (χ3n) is 3.10. The molecule has 9 heteroatoms. The van der Waals surface area contributed by atoms with Crippen LogP contribution < -0.4 is 10.9 Å². The minimum absolute atomic E-state index is 0.0443. The molecule has 0 radical (unpaired) electrons. The van der Waals surface area contributed by atoms with Gasteiger partial charge in [0.25, 0.3) is 15.9 Å². The molecule has 1 amide bonds. The van der Waals surface area contributed by atoms with E-state index < -0.39 is 15.9 Å². The first kappa shape index (κ1) is 19.3. The van der Waals surface area contributed by atoms with Crippen LogP contribution >= 0.6 is 23.4 Å². The Morgan fingerprint density at radius 1 is 1.04 bits per heavy atom. The molecule has 0 aliphatic heterocycles. The SMILES string of the molecule is CSC(=NS(=O)(=O)c1ccc(C)cc1)NNC(=O)c1ccc(Cl)cc1. The van der Waals surface area contributed by atoms with Crippen molar-refractivity contribution < 1.29 is 13.2 Å². The number of thioether (sulfide) groups is 1. The Bertz CT molecular complexity index is 880. The predicted octanol–water partition coefficient (Wildman–Crippen LogP) is 2.99. The largest absolute Gasteiger partial charge is 0.284 e. The molecular weight excluding hydrogens is 382 g/mol. The maximum absolute atomic E-state index is 12.3. The van der Waals surface area contributed by atoms with E-state index in [9.17, 15) is 13.2 Å². The number of carbonyl (C=O) groups excluding carboxylic acids is 1. The van der Waals surface area contributed by atoms with E-state index in [2.05, 4.69) is 15.2 Å². The molecule has 0 unspecified atom stereocenters. The van der Waals surface area contributed by atoms with Crippen LogP contribution in [0.15, 0.2) is 57.8 Å². The van der Waals surface area contributed by atoms with Gasteiger partial charge in [-0.15, -0.1) is 4.40 Å². The topological polar surface area (TPSA) is 87.6 Å². The zero-order valence-electron chi connectivity index (χ0n) is 13.5. The molecule has 0 fully saturated rings. The van der Waals surface area contributed by atoms with Gasteiger partial charge >= 0.3 is 0 Å². The minimum Gasteiger partial charge on any atom is -0.275 e. The highest BCUT2D eigenvalue weighted by atomic mass is 35.5. The standard InChI is InChI=1S/C16H16ClN3O3S2/c1-11-3-9-14(10-4-11)25(22,23)20-16(24-2)19-18-15(21)12-5-7-13(17)8-6-12/h3-10H,1-2H3,(H,18,21)(H,19,20). The van der Waals surface area contributed by atoms with Crippen molar-refractivity contribution in [3.05, 3.63) is 64.7 Å². The molecule has 25 heavy (non-hydrogen) atoms. The molecule has 0 aliphatic carbocycles. The summed E-state index contributed by atoms with van der Waals surface area (Å²) in [6, 6.07) is 12.6. The molecule has 0 saturated heterocycles. The van der Waals surface area contributed by atoms with E-state index in [0.29, 0.717) is 10.6 Å². The van der Waals surface area contributed by atoms with Crippen LogP contribution in [0.1, 0.15) is 15.9 Å². The summed E-state index contributed by atoms with van der Waals surface area (Å²) >= 11 is 6.83. The Kier molecular flexibility index (Phi) is 6.46. The predicted molar refractivity (Wildman–Crippen MR) is 101 cm³/mol. The van der Waals surface area contributed by atoms with Gasteiger partial charge in [0.1, 0.15) is 0 Å². The molecule has 0 aliphatic rings. The molecule has 2 N–H and O–H groups in total. The first-order valence-corrected chi connectivity index (χ1v) is 10.1. The number of hydrogen-bond donors (Lipinski definition) is 2. The van der Waals surface area contributed by atoms with Gasteiger partial charge in [0.05, 0.1) is 4.90 Å². The summed E-state index contributed by atoms with van der Waals surface area (Å²) in [7, 11) is -3.87. The van der Waals surface area contributed by atoms with Gasteiger partial charge in [0.15, 0.2) is 5.17 Å². The fourth-order valence-electron chi connectivity index (χ4n) is 1.77. The van der Waals surface area contributed by atoms with Crippen molar-refractivity contribution in [1.29, 1.82) is 0 Å². The minimum atomic E-state index is -3.87. The van der Waals surface area contributed by atoms with Crippen molar-refractivity contribution in [1.82, 2.24) is 10.9 Å². The highest BCUT2D eigenvalue weighted by Crippen LogP contribution is 2.14. The van der Waals surface area contributed by atoms with Gasteiger partial charge in [-0.3, -0.25) is 15.6 Å². The van der Waals surface area contributed by atoms with Crippen LogP contribution in [-0.4, -0.2) is 25.7 Å². The number of hydrogen-bond acceptors (Lipinski definition) is 4. The van der Waals surface area contributed by atoms with Crippen LogP contribution in [0.5, 0.6) is 0 Å². The molecule has 0 heterocycles. The van der Waals surface area contributed by atoms with Crippen molar-refractivity contribution in [3.8, 4) is 0 Å². The highest BCUT2D eigenvalue weighted by molar-refractivity contribution is 8.13. The first-order chi connectivity index (χ1) is 11.8. The van der Waals surface area contributed by atoms with E-state index in [-0.39, 0.29) is 10.1 Å². The number of nitrogens with zero attached hydrogens (tertiary/aromatic N) is 1. The second kappa shape index (κ2) is 8.37. The van der Waals surface area contributed by atoms with Crippen molar-refractivity contribution in [2.75, 3.05) is 6.26 Å². The number of amidine groups is 1. The van der Waals surface area contributed by atoms with Gasteiger partial charge in [-0.05, 0) is 49.6 Å².